The molecule has 0 amide bonds. The Balaban J connectivity index is 0.00000256. The molecule has 0 bridgehead atoms. The molecule has 8 heteroatoms. The van der Waals surface area contributed by atoms with Gasteiger partial charge in [-0.15, -0.1) is 12.4 Å². The lowest BCUT2D eigenvalue weighted by Gasteiger charge is -2.14. The van der Waals surface area contributed by atoms with E-state index in [1.54, 1.807) is 0 Å². The molecule has 0 saturated heterocycles. The van der Waals surface area contributed by atoms with Crippen LogP contribution in [-0.2, 0) is 6.18 Å². The third-order valence-corrected chi connectivity index (χ3v) is 1.95. The summed E-state index contributed by atoms with van der Waals surface area (Å²) < 4.78 is 73.7. The molecular weight excluding hydrogens is 272 g/mol. The lowest BCUT2D eigenvalue weighted by atomic mass is 10.0. The van der Waals surface area contributed by atoms with Crippen LogP contribution in [0, 0.1) is 5.82 Å². The Morgan fingerprint density at radius 3 is 2.06 bits per heavy atom. The van der Waals surface area contributed by atoms with Crippen molar-refractivity contribution in [3.05, 3.63) is 35.1 Å². The molecule has 2 N–H and O–H groups in total. The SMILES string of the molecule is Cl.N[C@@H](c1ccc(F)c(C(F)(F)F)c1)C(F)F. The molecule has 0 aromatic heterocycles. The molecule has 1 aromatic carbocycles. The maximum absolute atomic E-state index is 12.8. The first kappa shape index (κ1) is 16.1. The van der Waals surface area contributed by atoms with Gasteiger partial charge in [0.25, 0.3) is 6.43 Å². The van der Waals surface area contributed by atoms with E-state index in [9.17, 15) is 26.3 Å². The summed E-state index contributed by atoms with van der Waals surface area (Å²) in [5.74, 6) is -1.52. The first-order chi connectivity index (χ1) is 7.23. The molecule has 0 aliphatic carbocycles. The number of alkyl halides is 5. The van der Waals surface area contributed by atoms with Crippen molar-refractivity contribution >= 4 is 12.4 Å². The topological polar surface area (TPSA) is 26.0 Å². The lowest BCUT2D eigenvalue weighted by molar-refractivity contribution is -0.140. The third-order valence-electron chi connectivity index (χ3n) is 1.95. The van der Waals surface area contributed by atoms with E-state index in [0.717, 1.165) is 6.07 Å². The van der Waals surface area contributed by atoms with Crippen LogP contribution in [0.3, 0.4) is 0 Å². The highest BCUT2D eigenvalue weighted by Crippen LogP contribution is 2.33. The van der Waals surface area contributed by atoms with E-state index in [2.05, 4.69) is 0 Å². The van der Waals surface area contributed by atoms with Crippen molar-refractivity contribution in [1.82, 2.24) is 0 Å². The van der Waals surface area contributed by atoms with Crippen molar-refractivity contribution in [3.63, 3.8) is 0 Å². The van der Waals surface area contributed by atoms with E-state index >= 15 is 0 Å². The van der Waals surface area contributed by atoms with Crippen molar-refractivity contribution in [2.75, 3.05) is 0 Å². The Labute approximate surface area is 99.0 Å². The number of hydrogen-bond acceptors (Lipinski definition) is 1. The fourth-order valence-corrected chi connectivity index (χ4v) is 1.11. The summed E-state index contributed by atoms with van der Waals surface area (Å²) in [6.45, 7) is 0. The van der Waals surface area contributed by atoms with E-state index in [4.69, 9.17) is 5.73 Å². The van der Waals surface area contributed by atoms with Gasteiger partial charge in [-0.05, 0) is 17.7 Å². The molecule has 0 heterocycles. The summed E-state index contributed by atoms with van der Waals surface area (Å²) in [7, 11) is 0. The van der Waals surface area contributed by atoms with Crippen LogP contribution >= 0.6 is 12.4 Å². The lowest BCUT2D eigenvalue weighted by Crippen LogP contribution is -2.20. The largest absolute Gasteiger partial charge is 0.419 e. The number of hydrogen-bond donors (Lipinski definition) is 1. The number of nitrogens with two attached hydrogens (primary N) is 1. The smallest absolute Gasteiger partial charge is 0.319 e. The predicted octanol–water partition coefficient (Wildman–Crippen LogP) is 3.53. The molecular formula is C9H8ClF6N. The molecule has 1 atom stereocenters. The van der Waals surface area contributed by atoms with Gasteiger partial charge in [-0.1, -0.05) is 6.07 Å². The second-order valence-electron chi connectivity index (χ2n) is 3.10. The highest BCUT2D eigenvalue weighted by molar-refractivity contribution is 5.85. The van der Waals surface area contributed by atoms with Gasteiger partial charge in [-0.2, -0.15) is 13.2 Å². The average Bonchev–Trinajstić information content (AvgIpc) is 2.15. The Morgan fingerprint density at radius 2 is 1.65 bits per heavy atom. The van der Waals surface area contributed by atoms with Gasteiger partial charge >= 0.3 is 6.18 Å². The molecule has 0 saturated carbocycles. The van der Waals surface area contributed by atoms with Crippen LogP contribution in [0.4, 0.5) is 26.3 Å². The zero-order valence-electron chi connectivity index (χ0n) is 8.14. The molecule has 0 unspecified atom stereocenters. The van der Waals surface area contributed by atoms with Crippen molar-refractivity contribution in [2.45, 2.75) is 18.6 Å². The molecule has 1 aromatic rings. The van der Waals surface area contributed by atoms with E-state index in [0.29, 0.717) is 12.1 Å². The highest BCUT2D eigenvalue weighted by atomic mass is 35.5. The van der Waals surface area contributed by atoms with Crippen LogP contribution in [0.1, 0.15) is 17.2 Å². The van der Waals surface area contributed by atoms with Crippen LogP contribution < -0.4 is 5.73 Å². The van der Waals surface area contributed by atoms with Crippen LogP contribution in [0.5, 0.6) is 0 Å². The van der Waals surface area contributed by atoms with Crippen molar-refractivity contribution in [3.8, 4) is 0 Å². The summed E-state index contributed by atoms with van der Waals surface area (Å²) in [6, 6.07) is -0.282. The molecule has 1 rings (SSSR count). The van der Waals surface area contributed by atoms with Crippen LogP contribution in [-0.4, -0.2) is 6.43 Å². The predicted molar refractivity (Wildman–Crippen MR) is 51.6 cm³/mol. The van der Waals surface area contributed by atoms with Crippen LogP contribution in [0.15, 0.2) is 18.2 Å². The first-order valence-corrected chi connectivity index (χ1v) is 4.14. The van der Waals surface area contributed by atoms with Crippen LogP contribution in [0.2, 0.25) is 0 Å². The molecule has 98 valence electrons. The van der Waals surface area contributed by atoms with E-state index in [1.165, 1.54) is 0 Å². The first-order valence-electron chi connectivity index (χ1n) is 4.14. The minimum absolute atomic E-state index is 0. The second-order valence-corrected chi connectivity index (χ2v) is 3.10. The monoisotopic (exact) mass is 279 g/mol. The summed E-state index contributed by atoms with van der Waals surface area (Å²) in [5.41, 5.74) is 2.91. The molecule has 0 aliphatic heterocycles. The Morgan fingerprint density at radius 1 is 1.12 bits per heavy atom. The van der Waals surface area contributed by atoms with E-state index in [-0.39, 0.29) is 12.4 Å². The minimum Gasteiger partial charge on any atom is -0.319 e. The number of rotatable bonds is 2. The quantitative estimate of drug-likeness (QED) is 0.824. The zero-order valence-corrected chi connectivity index (χ0v) is 8.96. The third kappa shape index (κ3) is 3.78. The fourth-order valence-electron chi connectivity index (χ4n) is 1.11. The second kappa shape index (κ2) is 5.59. The highest BCUT2D eigenvalue weighted by Gasteiger charge is 2.35. The van der Waals surface area contributed by atoms with Gasteiger partial charge in [0.1, 0.15) is 5.82 Å². The Bertz CT molecular complexity index is 378. The summed E-state index contributed by atoms with van der Waals surface area (Å²) in [6.07, 6.45) is -7.94. The summed E-state index contributed by atoms with van der Waals surface area (Å²) in [5, 5.41) is 0. The fraction of sp³-hybridized carbons (Fsp3) is 0.333. The average molecular weight is 280 g/mol. The standard InChI is InChI=1S/C9H7F6N.ClH/c10-6-2-1-4(7(16)8(11)12)3-5(6)9(13,14)15;/h1-3,7-8H,16H2;1H/t7-;/m0./s1. The van der Waals surface area contributed by atoms with Gasteiger partial charge in [0.15, 0.2) is 0 Å². The van der Waals surface area contributed by atoms with Crippen molar-refractivity contribution in [2.24, 2.45) is 5.73 Å². The molecule has 0 spiro atoms. The van der Waals surface area contributed by atoms with Crippen molar-refractivity contribution < 1.29 is 26.3 Å². The van der Waals surface area contributed by atoms with Crippen molar-refractivity contribution in [1.29, 1.82) is 0 Å². The van der Waals surface area contributed by atoms with Gasteiger partial charge in [-0.25, -0.2) is 13.2 Å². The van der Waals surface area contributed by atoms with E-state index in [1.807, 2.05) is 0 Å². The van der Waals surface area contributed by atoms with Crippen LogP contribution in [0.25, 0.3) is 0 Å². The molecule has 17 heavy (non-hydrogen) atoms. The normalized spacial score (nSPS) is 13.4. The van der Waals surface area contributed by atoms with Gasteiger partial charge in [0.2, 0.25) is 0 Å². The zero-order chi connectivity index (χ0) is 12.5. The Kier molecular flexibility index (Phi) is 5.28. The summed E-state index contributed by atoms with van der Waals surface area (Å²) >= 11 is 0. The van der Waals surface area contributed by atoms with E-state index < -0.39 is 35.6 Å². The molecule has 1 nitrogen and oxygen atoms in total. The number of halogens is 7. The maximum Gasteiger partial charge on any atom is 0.419 e. The minimum atomic E-state index is -4.93. The maximum atomic E-state index is 12.8. The van der Waals surface area contributed by atoms with Gasteiger partial charge in [0.05, 0.1) is 11.6 Å². The molecule has 0 aliphatic rings. The molecule has 0 fully saturated rings. The Hall–Kier alpha value is -0.950. The van der Waals surface area contributed by atoms with Gasteiger partial charge in [0, 0.05) is 0 Å². The van der Waals surface area contributed by atoms with Gasteiger partial charge < -0.3 is 5.73 Å². The number of benzene rings is 1. The van der Waals surface area contributed by atoms with Gasteiger partial charge in [-0.3, -0.25) is 0 Å². The molecule has 0 radical (unpaired) electrons. The summed E-state index contributed by atoms with van der Waals surface area (Å²) in [4.78, 5) is 0.